The van der Waals surface area contributed by atoms with Crippen molar-refractivity contribution < 1.29 is 0 Å². The summed E-state index contributed by atoms with van der Waals surface area (Å²) in [5.41, 5.74) is 1.36. The molecule has 5 heteroatoms. The molecule has 0 aromatic heterocycles. The van der Waals surface area contributed by atoms with Crippen molar-refractivity contribution in [1.82, 2.24) is 15.5 Å². The molecular weight excluding hydrogens is 399 g/mol. The first-order valence-electron chi connectivity index (χ1n) is 8.55. The molecule has 0 unspecified atom stereocenters. The first kappa shape index (κ1) is 20.2. The average Bonchev–Trinajstić information content (AvgIpc) is 2.57. The summed E-state index contributed by atoms with van der Waals surface area (Å²) in [5, 5.41) is 6.99. The number of nitrogens with one attached hydrogen (secondary N) is 2. The minimum absolute atomic E-state index is 0. The van der Waals surface area contributed by atoms with Gasteiger partial charge in [-0.1, -0.05) is 37.3 Å². The molecular formula is C18H31IN4. The SMILES string of the molecule is CCCN1CCC(NC(=NC)NCCc2ccccc2)CC1.I. The van der Waals surface area contributed by atoms with Crippen LogP contribution in [-0.4, -0.2) is 50.1 Å². The van der Waals surface area contributed by atoms with E-state index in [1.807, 2.05) is 7.05 Å². The number of piperidine rings is 1. The highest BCUT2D eigenvalue weighted by atomic mass is 127. The molecule has 0 atom stereocenters. The zero-order valence-electron chi connectivity index (χ0n) is 14.4. The maximum atomic E-state index is 4.35. The zero-order valence-corrected chi connectivity index (χ0v) is 16.8. The van der Waals surface area contributed by atoms with Crippen molar-refractivity contribution in [1.29, 1.82) is 0 Å². The molecule has 1 aliphatic rings. The molecule has 23 heavy (non-hydrogen) atoms. The lowest BCUT2D eigenvalue weighted by Gasteiger charge is -2.32. The molecule has 2 N–H and O–H groups in total. The molecule has 1 aromatic rings. The fraction of sp³-hybridized carbons (Fsp3) is 0.611. The lowest BCUT2D eigenvalue weighted by atomic mass is 10.1. The predicted octanol–water partition coefficient (Wildman–Crippen LogP) is 2.89. The van der Waals surface area contributed by atoms with Gasteiger partial charge in [-0.25, -0.2) is 0 Å². The Kier molecular flexibility index (Phi) is 10.3. The molecule has 1 aromatic carbocycles. The molecule has 1 fully saturated rings. The van der Waals surface area contributed by atoms with Crippen LogP contribution in [0.1, 0.15) is 31.7 Å². The van der Waals surface area contributed by atoms with Crippen LogP contribution in [0.15, 0.2) is 35.3 Å². The normalized spacial score (nSPS) is 16.7. The van der Waals surface area contributed by atoms with Crippen LogP contribution in [0.3, 0.4) is 0 Å². The highest BCUT2D eigenvalue weighted by Gasteiger charge is 2.19. The second kappa shape index (κ2) is 11.7. The molecule has 130 valence electrons. The number of aliphatic imine (C=N–C) groups is 1. The van der Waals surface area contributed by atoms with E-state index in [0.717, 1.165) is 18.9 Å². The summed E-state index contributed by atoms with van der Waals surface area (Å²) in [7, 11) is 1.85. The number of nitrogens with zero attached hydrogens (tertiary/aromatic N) is 2. The van der Waals surface area contributed by atoms with Crippen LogP contribution < -0.4 is 10.6 Å². The summed E-state index contributed by atoms with van der Waals surface area (Å²) in [6.07, 6.45) is 4.69. The van der Waals surface area contributed by atoms with Gasteiger partial charge in [-0.05, 0) is 37.8 Å². The third-order valence-electron chi connectivity index (χ3n) is 4.24. The largest absolute Gasteiger partial charge is 0.356 e. The number of hydrogen-bond acceptors (Lipinski definition) is 2. The summed E-state index contributed by atoms with van der Waals surface area (Å²) >= 11 is 0. The summed E-state index contributed by atoms with van der Waals surface area (Å²) in [6.45, 7) is 6.80. The Hall–Kier alpha value is -0.820. The summed E-state index contributed by atoms with van der Waals surface area (Å²) in [5.74, 6) is 0.935. The predicted molar refractivity (Wildman–Crippen MR) is 110 cm³/mol. The standard InChI is InChI=1S/C18H30N4.HI/c1-3-13-22-14-10-17(11-15-22)21-18(19-2)20-12-9-16-7-5-4-6-8-16;/h4-8,17H,3,9-15H2,1-2H3,(H2,19,20,21);1H. The van der Waals surface area contributed by atoms with Crippen molar-refractivity contribution in [2.45, 2.75) is 38.6 Å². The Bertz CT molecular complexity index is 442. The smallest absolute Gasteiger partial charge is 0.191 e. The van der Waals surface area contributed by atoms with Gasteiger partial charge in [0.2, 0.25) is 0 Å². The number of rotatable bonds is 6. The third kappa shape index (κ3) is 7.52. The van der Waals surface area contributed by atoms with E-state index in [4.69, 9.17) is 0 Å². The maximum absolute atomic E-state index is 4.35. The average molecular weight is 430 g/mol. The van der Waals surface area contributed by atoms with Crippen molar-refractivity contribution in [3.05, 3.63) is 35.9 Å². The summed E-state index contributed by atoms with van der Waals surface area (Å²) in [6, 6.07) is 11.1. The molecule has 1 aliphatic heterocycles. The fourth-order valence-electron chi connectivity index (χ4n) is 2.98. The summed E-state index contributed by atoms with van der Waals surface area (Å²) < 4.78 is 0. The highest BCUT2D eigenvalue weighted by molar-refractivity contribution is 14.0. The van der Waals surface area contributed by atoms with E-state index in [-0.39, 0.29) is 24.0 Å². The molecule has 0 aliphatic carbocycles. The zero-order chi connectivity index (χ0) is 15.6. The van der Waals surface area contributed by atoms with Crippen LogP contribution in [0.5, 0.6) is 0 Å². The van der Waals surface area contributed by atoms with Gasteiger partial charge in [0.25, 0.3) is 0 Å². The second-order valence-electron chi connectivity index (χ2n) is 5.99. The minimum Gasteiger partial charge on any atom is -0.356 e. The van der Waals surface area contributed by atoms with E-state index in [2.05, 4.69) is 57.8 Å². The fourth-order valence-corrected chi connectivity index (χ4v) is 2.98. The summed E-state index contributed by atoms with van der Waals surface area (Å²) in [4.78, 5) is 6.91. The van der Waals surface area contributed by atoms with Gasteiger partial charge in [-0.3, -0.25) is 4.99 Å². The number of benzene rings is 1. The molecule has 0 spiro atoms. The van der Waals surface area contributed by atoms with Gasteiger partial charge in [0.15, 0.2) is 5.96 Å². The van der Waals surface area contributed by atoms with Gasteiger partial charge < -0.3 is 15.5 Å². The molecule has 0 radical (unpaired) electrons. The molecule has 1 heterocycles. The van der Waals surface area contributed by atoms with Crippen LogP contribution in [-0.2, 0) is 6.42 Å². The molecule has 0 saturated carbocycles. The minimum atomic E-state index is 0. The van der Waals surface area contributed by atoms with E-state index in [1.54, 1.807) is 0 Å². The first-order valence-corrected chi connectivity index (χ1v) is 8.55. The van der Waals surface area contributed by atoms with Gasteiger partial charge in [0, 0.05) is 32.7 Å². The van der Waals surface area contributed by atoms with Crippen molar-refractivity contribution >= 4 is 29.9 Å². The van der Waals surface area contributed by atoms with Gasteiger partial charge in [0.05, 0.1) is 0 Å². The van der Waals surface area contributed by atoms with E-state index in [1.165, 1.54) is 44.5 Å². The Labute approximate surface area is 158 Å². The van der Waals surface area contributed by atoms with Gasteiger partial charge in [-0.15, -0.1) is 24.0 Å². The van der Waals surface area contributed by atoms with Gasteiger partial charge in [-0.2, -0.15) is 0 Å². The number of halogens is 1. The highest BCUT2D eigenvalue weighted by Crippen LogP contribution is 2.10. The van der Waals surface area contributed by atoms with Crippen molar-refractivity contribution in [3.63, 3.8) is 0 Å². The topological polar surface area (TPSA) is 39.7 Å². The van der Waals surface area contributed by atoms with Gasteiger partial charge in [0.1, 0.15) is 0 Å². The monoisotopic (exact) mass is 430 g/mol. The van der Waals surface area contributed by atoms with Crippen molar-refractivity contribution in [2.75, 3.05) is 33.2 Å². The van der Waals surface area contributed by atoms with Crippen LogP contribution in [0.2, 0.25) is 0 Å². The molecule has 0 bridgehead atoms. The van der Waals surface area contributed by atoms with Crippen LogP contribution in [0.4, 0.5) is 0 Å². The van der Waals surface area contributed by atoms with Crippen LogP contribution >= 0.6 is 24.0 Å². The lowest BCUT2D eigenvalue weighted by Crippen LogP contribution is -2.49. The number of guanidine groups is 1. The number of hydrogen-bond donors (Lipinski definition) is 2. The Balaban J connectivity index is 0.00000264. The van der Waals surface area contributed by atoms with Crippen LogP contribution in [0, 0.1) is 0 Å². The van der Waals surface area contributed by atoms with Crippen molar-refractivity contribution in [3.8, 4) is 0 Å². The second-order valence-corrected chi connectivity index (χ2v) is 5.99. The number of likely N-dealkylation sites (tertiary alicyclic amines) is 1. The molecule has 1 saturated heterocycles. The third-order valence-corrected chi connectivity index (χ3v) is 4.24. The van der Waals surface area contributed by atoms with Gasteiger partial charge >= 0.3 is 0 Å². The first-order chi connectivity index (χ1) is 10.8. The molecule has 2 rings (SSSR count). The van der Waals surface area contributed by atoms with E-state index >= 15 is 0 Å². The van der Waals surface area contributed by atoms with E-state index < -0.39 is 0 Å². The Morgan fingerprint density at radius 2 is 1.91 bits per heavy atom. The molecule has 0 amide bonds. The molecule has 4 nitrogen and oxygen atoms in total. The maximum Gasteiger partial charge on any atom is 0.191 e. The van der Waals surface area contributed by atoms with E-state index in [9.17, 15) is 0 Å². The van der Waals surface area contributed by atoms with E-state index in [0.29, 0.717) is 6.04 Å². The lowest BCUT2D eigenvalue weighted by molar-refractivity contribution is 0.206. The Morgan fingerprint density at radius 1 is 1.22 bits per heavy atom. The van der Waals surface area contributed by atoms with Crippen molar-refractivity contribution in [2.24, 2.45) is 4.99 Å². The van der Waals surface area contributed by atoms with Crippen LogP contribution in [0.25, 0.3) is 0 Å². The quantitative estimate of drug-likeness (QED) is 0.414. The Morgan fingerprint density at radius 3 is 2.52 bits per heavy atom.